The molecule has 0 fully saturated rings. The van der Waals surface area contributed by atoms with Gasteiger partial charge in [-0.1, -0.05) is 23.2 Å². The SMILES string of the molecule is CCNc1ccc([N+](=O)[O-])c(-c2cc(Cl)cc(Cl)c2)n1. The van der Waals surface area contributed by atoms with E-state index < -0.39 is 4.92 Å². The van der Waals surface area contributed by atoms with Gasteiger partial charge in [0.15, 0.2) is 5.69 Å². The Morgan fingerprint density at radius 2 is 1.90 bits per heavy atom. The molecule has 20 heavy (non-hydrogen) atoms. The number of pyridine rings is 1. The van der Waals surface area contributed by atoms with Crippen LogP contribution in [0.25, 0.3) is 11.3 Å². The Hall–Kier alpha value is -1.85. The molecule has 0 unspecified atom stereocenters. The van der Waals surface area contributed by atoms with E-state index in [4.69, 9.17) is 23.2 Å². The Bertz CT molecular complexity index is 642. The van der Waals surface area contributed by atoms with Gasteiger partial charge in [-0.2, -0.15) is 0 Å². The average Bonchev–Trinajstić information content (AvgIpc) is 2.37. The summed E-state index contributed by atoms with van der Waals surface area (Å²) in [5, 5.41) is 14.9. The minimum Gasteiger partial charge on any atom is -0.370 e. The number of nitrogens with one attached hydrogen (secondary N) is 1. The summed E-state index contributed by atoms with van der Waals surface area (Å²) in [7, 11) is 0. The fourth-order valence-corrected chi connectivity index (χ4v) is 2.31. The molecule has 2 aromatic rings. The van der Waals surface area contributed by atoms with Crippen LogP contribution in [-0.2, 0) is 0 Å². The first-order valence-electron chi connectivity index (χ1n) is 5.87. The number of nitro groups is 1. The zero-order chi connectivity index (χ0) is 14.7. The van der Waals surface area contributed by atoms with Crippen LogP contribution in [0.5, 0.6) is 0 Å². The van der Waals surface area contributed by atoms with Crippen molar-refractivity contribution in [3.8, 4) is 11.3 Å². The molecule has 0 aliphatic heterocycles. The minimum absolute atomic E-state index is 0.0926. The predicted molar refractivity (Wildman–Crippen MR) is 80.5 cm³/mol. The molecule has 0 spiro atoms. The Labute approximate surface area is 125 Å². The Morgan fingerprint density at radius 3 is 2.45 bits per heavy atom. The average molecular weight is 312 g/mol. The van der Waals surface area contributed by atoms with Gasteiger partial charge in [0.25, 0.3) is 5.69 Å². The summed E-state index contributed by atoms with van der Waals surface area (Å²) in [4.78, 5) is 14.9. The molecule has 1 heterocycles. The smallest absolute Gasteiger partial charge is 0.295 e. The summed E-state index contributed by atoms with van der Waals surface area (Å²) < 4.78 is 0. The normalized spacial score (nSPS) is 10.3. The van der Waals surface area contributed by atoms with E-state index in [-0.39, 0.29) is 11.4 Å². The molecule has 1 aromatic heterocycles. The molecule has 104 valence electrons. The zero-order valence-corrected chi connectivity index (χ0v) is 12.1. The van der Waals surface area contributed by atoms with Gasteiger partial charge in [0, 0.05) is 28.2 Å². The summed E-state index contributed by atoms with van der Waals surface area (Å²) in [6.45, 7) is 2.58. The first-order chi connectivity index (χ1) is 9.51. The van der Waals surface area contributed by atoms with Crippen LogP contribution in [0.15, 0.2) is 30.3 Å². The maximum atomic E-state index is 11.1. The summed E-state index contributed by atoms with van der Waals surface area (Å²) in [6.07, 6.45) is 0. The van der Waals surface area contributed by atoms with Crippen LogP contribution in [-0.4, -0.2) is 16.5 Å². The van der Waals surface area contributed by atoms with E-state index in [1.54, 1.807) is 24.3 Å². The fourth-order valence-electron chi connectivity index (χ4n) is 1.78. The lowest BCUT2D eigenvalue weighted by Crippen LogP contribution is -2.02. The highest BCUT2D eigenvalue weighted by molar-refractivity contribution is 6.35. The largest absolute Gasteiger partial charge is 0.370 e. The molecular formula is C13H11Cl2N3O2. The first-order valence-corrected chi connectivity index (χ1v) is 6.62. The van der Waals surface area contributed by atoms with E-state index in [9.17, 15) is 10.1 Å². The van der Waals surface area contributed by atoms with Crippen LogP contribution in [0.3, 0.4) is 0 Å². The van der Waals surface area contributed by atoms with Crippen LogP contribution in [0.4, 0.5) is 11.5 Å². The van der Waals surface area contributed by atoms with Crippen LogP contribution >= 0.6 is 23.2 Å². The van der Waals surface area contributed by atoms with Gasteiger partial charge >= 0.3 is 0 Å². The van der Waals surface area contributed by atoms with Crippen LogP contribution < -0.4 is 5.32 Å². The second kappa shape index (κ2) is 6.07. The molecule has 7 heteroatoms. The van der Waals surface area contributed by atoms with Gasteiger partial charge in [0.05, 0.1) is 4.92 Å². The molecular weight excluding hydrogens is 301 g/mol. The molecule has 1 aromatic carbocycles. The van der Waals surface area contributed by atoms with Crippen LogP contribution in [0, 0.1) is 10.1 Å². The molecule has 0 saturated carbocycles. The number of benzene rings is 1. The fraction of sp³-hybridized carbons (Fsp3) is 0.154. The summed E-state index contributed by atoms with van der Waals surface area (Å²) in [5.41, 5.74) is 0.650. The lowest BCUT2D eigenvalue weighted by atomic mass is 10.1. The maximum absolute atomic E-state index is 11.1. The molecule has 0 amide bonds. The number of nitrogens with zero attached hydrogens (tertiary/aromatic N) is 2. The number of hydrogen-bond acceptors (Lipinski definition) is 4. The highest BCUT2D eigenvalue weighted by Gasteiger charge is 2.18. The first kappa shape index (κ1) is 14.6. The number of anilines is 1. The van der Waals surface area contributed by atoms with Gasteiger partial charge in [-0.25, -0.2) is 4.98 Å². The van der Waals surface area contributed by atoms with Gasteiger partial charge in [-0.15, -0.1) is 0 Å². The highest BCUT2D eigenvalue weighted by atomic mass is 35.5. The number of hydrogen-bond donors (Lipinski definition) is 1. The van der Waals surface area contributed by atoms with Crippen molar-refractivity contribution in [2.75, 3.05) is 11.9 Å². The van der Waals surface area contributed by atoms with Crippen molar-refractivity contribution < 1.29 is 4.92 Å². The topological polar surface area (TPSA) is 68.1 Å². The van der Waals surface area contributed by atoms with Gasteiger partial charge < -0.3 is 5.32 Å². The third-order valence-electron chi connectivity index (χ3n) is 2.56. The Morgan fingerprint density at radius 1 is 1.25 bits per heavy atom. The van der Waals surface area contributed by atoms with E-state index in [1.165, 1.54) is 6.07 Å². The predicted octanol–water partition coefficient (Wildman–Crippen LogP) is 4.40. The second-order valence-electron chi connectivity index (χ2n) is 4.01. The maximum Gasteiger partial charge on any atom is 0.295 e. The highest BCUT2D eigenvalue weighted by Crippen LogP contribution is 2.32. The standard InChI is InChI=1S/C13H11Cl2N3O2/c1-2-16-12-4-3-11(18(19)20)13(17-12)8-5-9(14)7-10(15)6-8/h3-7H,2H2,1H3,(H,16,17). The lowest BCUT2D eigenvalue weighted by Gasteiger charge is -2.07. The zero-order valence-electron chi connectivity index (χ0n) is 10.6. The Balaban J connectivity index is 2.62. The van der Waals surface area contributed by atoms with Crippen molar-refractivity contribution in [3.63, 3.8) is 0 Å². The molecule has 0 atom stereocenters. The van der Waals surface area contributed by atoms with Gasteiger partial charge in [0.1, 0.15) is 5.82 Å². The number of halogens is 2. The van der Waals surface area contributed by atoms with E-state index in [0.29, 0.717) is 28.0 Å². The van der Waals surface area contributed by atoms with Crippen molar-refractivity contribution in [2.45, 2.75) is 6.92 Å². The molecule has 2 rings (SSSR count). The monoisotopic (exact) mass is 311 g/mol. The summed E-state index contributed by atoms with van der Waals surface area (Å²) in [5.74, 6) is 0.559. The summed E-state index contributed by atoms with van der Waals surface area (Å²) >= 11 is 11.9. The van der Waals surface area contributed by atoms with Gasteiger partial charge in [-0.3, -0.25) is 10.1 Å². The minimum atomic E-state index is -0.479. The molecule has 0 saturated heterocycles. The third kappa shape index (κ3) is 3.18. The van der Waals surface area contributed by atoms with E-state index >= 15 is 0 Å². The number of aromatic nitrogens is 1. The van der Waals surface area contributed by atoms with Gasteiger partial charge in [-0.05, 0) is 31.2 Å². The van der Waals surface area contributed by atoms with E-state index in [2.05, 4.69) is 10.3 Å². The third-order valence-corrected chi connectivity index (χ3v) is 3.00. The van der Waals surface area contributed by atoms with Crippen LogP contribution in [0.2, 0.25) is 10.0 Å². The van der Waals surface area contributed by atoms with Crippen molar-refractivity contribution in [1.82, 2.24) is 4.98 Å². The van der Waals surface area contributed by atoms with Crippen LogP contribution in [0.1, 0.15) is 6.92 Å². The quantitative estimate of drug-likeness (QED) is 0.671. The molecule has 1 N–H and O–H groups in total. The van der Waals surface area contributed by atoms with Crippen molar-refractivity contribution in [1.29, 1.82) is 0 Å². The molecule has 5 nitrogen and oxygen atoms in total. The van der Waals surface area contributed by atoms with Gasteiger partial charge in [0.2, 0.25) is 0 Å². The van der Waals surface area contributed by atoms with Crippen molar-refractivity contribution >= 4 is 34.7 Å². The molecule has 0 radical (unpaired) electrons. The molecule has 0 bridgehead atoms. The van der Waals surface area contributed by atoms with Crippen molar-refractivity contribution in [3.05, 3.63) is 50.5 Å². The van der Waals surface area contributed by atoms with E-state index in [1.807, 2.05) is 6.92 Å². The second-order valence-corrected chi connectivity index (χ2v) is 4.88. The van der Waals surface area contributed by atoms with Crippen molar-refractivity contribution in [2.24, 2.45) is 0 Å². The molecule has 0 aliphatic carbocycles. The Kier molecular flexibility index (Phi) is 4.42. The molecule has 0 aliphatic rings. The lowest BCUT2D eigenvalue weighted by molar-refractivity contribution is -0.384. The summed E-state index contributed by atoms with van der Waals surface area (Å²) in [6, 6.07) is 7.73. The number of rotatable bonds is 4. The van der Waals surface area contributed by atoms with E-state index in [0.717, 1.165) is 0 Å².